The fourth-order valence-corrected chi connectivity index (χ4v) is 2.03. The molecule has 1 aromatic heterocycles. The van der Waals surface area contributed by atoms with Crippen molar-refractivity contribution in [3.63, 3.8) is 0 Å². The summed E-state index contributed by atoms with van der Waals surface area (Å²) in [5, 5.41) is 23.0. The number of aliphatic hydroxyl groups excluding tert-OH is 2. The molecule has 0 radical (unpaired) electrons. The maximum atomic E-state index is 9.64. The number of aliphatic hydroxyl groups is 2. The van der Waals surface area contributed by atoms with Gasteiger partial charge in [-0.1, -0.05) is 0 Å². The fraction of sp³-hybridized carbons (Fsp3) is 0.556. The van der Waals surface area contributed by atoms with Crippen LogP contribution in [0.2, 0.25) is 0 Å². The first-order valence-electron chi connectivity index (χ1n) is 4.17. The smallest absolute Gasteiger partial charge is 0.106 e. The van der Waals surface area contributed by atoms with Gasteiger partial charge in [-0.25, -0.2) is 0 Å². The fourth-order valence-electron chi connectivity index (χ4n) is 1.34. The van der Waals surface area contributed by atoms with Gasteiger partial charge in [0.25, 0.3) is 0 Å². The van der Waals surface area contributed by atoms with Gasteiger partial charge in [0, 0.05) is 0 Å². The quantitative estimate of drug-likeness (QED) is 0.748. The lowest BCUT2D eigenvalue weighted by Crippen LogP contribution is -2.19. The first-order valence-corrected chi connectivity index (χ1v) is 5.11. The predicted molar refractivity (Wildman–Crippen MR) is 48.0 cm³/mol. The van der Waals surface area contributed by atoms with Crippen LogP contribution in [0.3, 0.4) is 0 Å². The summed E-state index contributed by atoms with van der Waals surface area (Å²) in [6.07, 6.45) is 0.883. The lowest BCUT2D eigenvalue weighted by molar-refractivity contribution is 0.00509. The van der Waals surface area contributed by atoms with Crippen LogP contribution in [0.5, 0.6) is 0 Å². The highest BCUT2D eigenvalue weighted by Gasteiger charge is 2.35. The molecule has 2 N–H and O–H groups in total. The Morgan fingerprint density at radius 2 is 2.17 bits per heavy atom. The Labute approximate surface area is 75.5 Å². The molecule has 1 aromatic rings. The molecule has 0 spiro atoms. The molecular weight excluding hydrogens is 172 g/mol. The summed E-state index contributed by atoms with van der Waals surface area (Å²) in [6.45, 7) is 0. The Hall–Kier alpha value is -0.380. The van der Waals surface area contributed by atoms with Crippen molar-refractivity contribution < 1.29 is 10.2 Å². The summed E-state index contributed by atoms with van der Waals surface area (Å²) in [5.41, 5.74) is 0.847. The van der Waals surface area contributed by atoms with E-state index >= 15 is 0 Å². The Kier molecular flexibility index (Phi) is 2.17. The zero-order valence-electron chi connectivity index (χ0n) is 6.68. The molecule has 2 rings (SSSR count). The van der Waals surface area contributed by atoms with Crippen LogP contribution < -0.4 is 0 Å². The Morgan fingerprint density at radius 1 is 1.42 bits per heavy atom. The van der Waals surface area contributed by atoms with Gasteiger partial charge in [0.15, 0.2) is 0 Å². The van der Waals surface area contributed by atoms with Crippen LogP contribution in [-0.2, 0) is 0 Å². The highest BCUT2D eigenvalue weighted by atomic mass is 32.1. The molecule has 0 saturated heterocycles. The lowest BCUT2D eigenvalue weighted by Gasteiger charge is -2.15. The minimum absolute atomic E-state index is 0.333. The van der Waals surface area contributed by atoms with Gasteiger partial charge < -0.3 is 10.2 Å². The molecule has 1 aliphatic rings. The lowest BCUT2D eigenvalue weighted by atomic mass is 10.0. The number of hydrogen-bond donors (Lipinski definition) is 2. The summed E-state index contributed by atoms with van der Waals surface area (Å²) in [5.74, 6) is 0.333. The van der Waals surface area contributed by atoms with E-state index in [1.165, 1.54) is 0 Å². The third-order valence-electron chi connectivity index (χ3n) is 2.31. The van der Waals surface area contributed by atoms with Crippen LogP contribution in [-0.4, -0.2) is 16.3 Å². The topological polar surface area (TPSA) is 40.5 Å². The van der Waals surface area contributed by atoms with E-state index in [0.717, 1.165) is 18.4 Å². The summed E-state index contributed by atoms with van der Waals surface area (Å²) in [4.78, 5) is 0. The van der Waals surface area contributed by atoms with Crippen LogP contribution in [0, 0.1) is 5.92 Å². The molecule has 12 heavy (non-hydrogen) atoms. The van der Waals surface area contributed by atoms with Crippen molar-refractivity contribution in [3.05, 3.63) is 22.4 Å². The normalized spacial score (nSPS) is 22.2. The van der Waals surface area contributed by atoms with Crippen LogP contribution in [0.1, 0.15) is 24.5 Å². The molecular formula is C9H12O2S. The monoisotopic (exact) mass is 184 g/mol. The number of hydrogen-bond acceptors (Lipinski definition) is 3. The van der Waals surface area contributed by atoms with E-state index in [1.807, 2.05) is 16.8 Å². The van der Waals surface area contributed by atoms with Gasteiger partial charge in [-0.15, -0.1) is 0 Å². The standard InChI is InChI=1S/C9H12O2S/c10-8(6-1-2-6)9(11)7-3-4-12-5-7/h3-6,8-11H,1-2H2. The second-order valence-electron chi connectivity index (χ2n) is 3.33. The van der Waals surface area contributed by atoms with Crippen molar-refractivity contribution in [2.45, 2.75) is 25.0 Å². The van der Waals surface area contributed by atoms with Gasteiger partial charge >= 0.3 is 0 Å². The third-order valence-corrected chi connectivity index (χ3v) is 3.01. The van der Waals surface area contributed by atoms with E-state index in [0.29, 0.717) is 5.92 Å². The maximum Gasteiger partial charge on any atom is 0.106 e. The minimum atomic E-state index is -0.677. The molecule has 2 unspecified atom stereocenters. The summed E-state index contributed by atoms with van der Waals surface area (Å²) < 4.78 is 0. The minimum Gasteiger partial charge on any atom is -0.390 e. The second kappa shape index (κ2) is 3.17. The molecule has 0 bridgehead atoms. The molecule has 0 aliphatic heterocycles. The number of thiophene rings is 1. The van der Waals surface area contributed by atoms with Crippen molar-refractivity contribution in [3.8, 4) is 0 Å². The Bertz CT molecular complexity index is 241. The zero-order valence-corrected chi connectivity index (χ0v) is 7.50. The first-order chi connectivity index (χ1) is 5.79. The number of rotatable bonds is 3. The van der Waals surface area contributed by atoms with Crippen molar-refractivity contribution in [2.75, 3.05) is 0 Å². The molecule has 1 saturated carbocycles. The van der Waals surface area contributed by atoms with Gasteiger partial charge in [-0.05, 0) is 41.1 Å². The average molecular weight is 184 g/mol. The van der Waals surface area contributed by atoms with Gasteiger partial charge in [0.2, 0.25) is 0 Å². The van der Waals surface area contributed by atoms with E-state index < -0.39 is 12.2 Å². The first kappa shape index (κ1) is 8.23. The molecule has 2 atom stereocenters. The molecule has 1 aliphatic carbocycles. The summed E-state index contributed by atoms with van der Waals surface area (Å²) >= 11 is 1.55. The van der Waals surface area contributed by atoms with Crippen LogP contribution in [0.4, 0.5) is 0 Å². The molecule has 1 heterocycles. The molecule has 3 heteroatoms. The maximum absolute atomic E-state index is 9.64. The van der Waals surface area contributed by atoms with E-state index in [1.54, 1.807) is 11.3 Å². The van der Waals surface area contributed by atoms with E-state index in [-0.39, 0.29) is 0 Å². The molecule has 0 aromatic carbocycles. The predicted octanol–water partition coefficient (Wildman–Crippen LogP) is 1.55. The third kappa shape index (κ3) is 1.53. The Morgan fingerprint density at radius 3 is 2.67 bits per heavy atom. The van der Waals surface area contributed by atoms with Gasteiger partial charge in [0.05, 0.1) is 6.10 Å². The van der Waals surface area contributed by atoms with Gasteiger partial charge in [-0.3, -0.25) is 0 Å². The molecule has 1 fully saturated rings. The van der Waals surface area contributed by atoms with Crippen LogP contribution in [0.15, 0.2) is 16.8 Å². The Balaban J connectivity index is 2.03. The largest absolute Gasteiger partial charge is 0.390 e. The molecule has 2 nitrogen and oxygen atoms in total. The van der Waals surface area contributed by atoms with Crippen LogP contribution >= 0.6 is 11.3 Å². The van der Waals surface area contributed by atoms with Crippen molar-refractivity contribution >= 4 is 11.3 Å². The molecule has 66 valence electrons. The van der Waals surface area contributed by atoms with E-state index in [2.05, 4.69) is 0 Å². The van der Waals surface area contributed by atoms with E-state index in [9.17, 15) is 10.2 Å². The molecule has 0 amide bonds. The van der Waals surface area contributed by atoms with Crippen molar-refractivity contribution in [1.82, 2.24) is 0 Å². The van der Waals surface area contributed by atoms with Crippen LogP contribution in [0.25, 0.3) is 0 Å². The highest BCUT2D eigenvalue weighted by molar-refractivity contribution is 7.07. The van der Waals surface area contributed by atoms with Gasteiger partial charge in [0.1, 0.15) is 6.10 Å². The van der Waals surface area contributed by atoms with Crippen molar-refractivity contribution in [1.29, 1.82) is 0 Å². The SMILES string of the molecule is OC(c1ccsc1)C(O)C1CC1. The zero-order chi connectivity index (χ0) is 8.55. The second-order valence-corrected chi connectivity index (χ2v) is 4.11. The van der Waals surface area contributed by atoms with Crippen molar-refractivity contribution in [2.24, 2.45) is 5.92 Å². The average Bonchev–Trinajstić information content (AvgIpc) is 2.79. The summed E-state index contributed by atoms with van der Waals surface area (Å²) in [7, 11) is 0. The summed E-state index contributed by atoms with van der Waals surface area (Å²) in [6, 6.07) is 1.86. The highest BCUT2D eigenvalue weighted by Crippen LogP contribution is 2.38. The van der Waals surface area contributed by atoms with E-state index in [4.69, 9.17) is 0 Å². The van der Waals surface area contributed by atoms with Gasteiger partial charge in [-0.2, -0.15) is 11.3 Å².